The van der Waals surface area contributed by atoms with Gasteiger partial charge in [-0.3, -0.25) is 4.79 Å². The smallest absolute Gasteiger partial charge is 0.225 e. The highest BCUT2D eigenvalue weighted by atomic mass is 16.7. The van der Waals surface area contributed by atoms with E-state index in [2.05, 4.69) is 36.1 Å². The molecular formula is C28H46N2O4. The van der Waals surface area contributed by atoms with Crippen LogP contribution in [0.25, 0.3) is 0 Å². The molecule has 0 N–H and O–H groups in total. The molecule has 2 fully saturated rings. The highest BCUT2D eigenvalue weighted by Gasteiger charge is 2.35. The molecule has 1 saturated heterocycles. The van der Waals surface area contributed by atoms with E-state index in [1.165, 1.54) is 50.0 Å². The largest absolute Gasteiger partial charge is 0.381 e. The summed E-state index contributed by atoms with van der Waals surface area (Å²) in [6.45, 7) is 8.19. The molecular weight excluding hydrogens is 428 g/mol. The Bertz CT molecular complexity index is 712. The Morgan fingerprint density at radius 3 is 2.47 bits per heavy atom. The van der Waals surface area contributed by atoms with Crippen molar-refractivity contribution in [3.05, 3.63) is 35.4 Å². The summed E-state index contributed by atoms with van der Waals surface area (Å²) in [7, 11) is 3.21. The van der Waals surface area contributed by atoms with E-state index in [0.29, 0.717) is 26.2 Å². The normalized spacial score (nSPS) is 20.2. The third-order valence-electron chi connectivity index (χ3n) is 7.53. The lowest BCUT2D eigenvalue weighted by molar-refractivity contribution is -0.146. The second kappa shape index (κ2) is 14.8. The van der Waals surface area contributed by atoms with Crippen molar-refractivity contribution in [1.82, 2.24) is 9.80 Å². The minimum atomic E-state index is -0.390. The first-order chi connectivity index (χ1) is 16.6. The zero-order valence-corrected chi connectivity index (χ0v) is 21.7. The Morgan fingerprint density at radius 2 is 1.79 bits per heavy atom. The Morgan fingerprint density at radius 1 is 1.09 bits per heavy atom. The number of fused-ring (bicyclic) bond motifs is 1. The van der Waals surface area contributed by atoms with E-state index in [-0.39, 0.29) is 12.2 Å². The number of ether oxygens (including phenoxy) is 3. The summed E-state index contributed by atoms with van der Waals surface area (Å²) < 4.78 is 16.4. The molecule has 6 nitrogen and oxygen atoms in total. The molecule has 192 valence electrons. The summed E-state index contributed by atoms with van der Waals surface area (Å²) >= 11 is 0. The van der Waals surface area contributed by atoms with Crippen molar-refractivity contribution in [1.29, 1.82) is 0 Å². The fourth-order valence-electron chi connectivity index (χ4n) is 5.44. The zero-order valence-electron chi connectivity index (χ0n) is 21.7. The van der Waals surface area contributed by atoms with Crippen molar-refractivity contribution in [2.24, 2.45) is 11.8 Å². The minimum Gasteiger partial charge on any atom is -0.381 e. The van der Waals surface area contributed by atoms with Crippen LogP contribution in [0.5, 0.6) is 0 Å². The SMILES string of the molecule is CCCCN(CC(OC)OC)C(=O)CCOCCc1cccc(CCN2CC3CCCC3C2)c1. The maximum atomic E-state index is 12.7. The molecule has 2 aliphatic rings. The molecule has 34 heavy (non-hydrogen) atoms. The van der Waals surface area contributed by atoms with Crippen LogP contribution in [0.3, 0.4) is 0 Å². The van der Waals surface area contributed by atoms with Crippen LogP contribution in [0, 0.1) is 11.8 Å². The van der Waals surface area contributed by atoms with Gasteiger partial charge in [0, 0.05) is 40.4 Å². The molecule has 1 amide bonds. The first-order valence-corrected chi connectivity index (χ1v) is 13.3. The van der Waals surface area contributed by atoms with E-state index in [1.54, 1.807) is 14.2 Å². The summed E-state index contributed by atoms with van der Waals surface area (Å²) in [6, 6.07) is 8.92. The van der Waals surface area contributed by atoms with Gasteiger partial charge in [0.15, 0.2) is 6.29 Å². The van der Waals surface area contributed by atoms with Gasteiger partial charge in [0.25, 0.3) is 0 Å². The number of likely N-dealkylation sites (tertiary alicyclic amines) is 1. The molecule has 1 aliphatic heterocycles. The molecule has 0 spiro atoms. The number of benzene rings is 1. The van der Waals surface area contributed by atoms with Crippen molar-refractivity contribution >= 4 is 5.91 Å². The van der Waals surface area contributed by atoms with Crippen molar-refractivity contribution in [2.75, 3.05) is 60.2 Å². The second-order valence-corrected chi connectivity index (χ2v) is 9.99. The van der Waals surface area contributed by atoms with Gasteiger partial charge in [-0.25, -0.2) is 0 Å². The Balaban J connectivity index is 1.33. The summed E-state index contributed by atoms with van der Waals surface area (Å²) in [5.74, 6) is 2.03. The highest BCUT2D eigenvalue weighted by Crippen LogP contribution is 2.37. The van der Waals surface area contributed by atoms with Gasteiger partial charge >= 0.3 is 0 Å². The molecule has 1 aromatic carbocycles. The van der Waals surface area contributed by atoms with Crippen LogP contribution in [0.1, 0.15) is 56.6 Å². The number of hydrogen-bond donors (Lipinski definition) is 0. The molecule has 0 radical (unpaired) electrons. The Labute approximate surface area is 206 Å². The van der Waals surface area contributed by atoms with Crippen LogP contribution in [0.15, 0.2) is 24.3 Å². The molecule has 0 aromatic heterocycles. The topological polar surface area (TPSA) is 51.2 Å². The fourth-order valence-corrected chi connectivity index (χ4v) is 5.44. The van der Waals surface area contributed by atoms with Crippen LogP contribution < -0.4 is 0 Å². The average molecular weight is 475 g/mol. The summed E-state index contributed by atoms with van der Waals surface area (Å²) in [6.07, 6.45) is 8.36. The van der Waals surface area contributed by atoms with Gasteiger partial charge in [-0.2, -0.15) is 0 Å². The second-order valence-electron chi connectivity index (χ2n) is 9.99. The van der Waals surface area contributed by atoms with Gasteiger partial charge in [-0.1, -0.05) is 44.0 Å². The molecule has 2 atom stereocenters. The molecule has 2 unspecified atom stereocenters. The fraction of sp³-hybridized carbons (Fsp3) is 0.750. The van der Waals surface area contributed by atoms with E-state index in [9.17, 15) is 4.79 Å². The first kappa shape index (κ1) is 27.1. The monoisotopic (exact) mass is 474 g/mol. The van der Waals surface area contributed by atoms with Crippen molar-refractivity contribution in [3.8, 4) is 0 Å². The van der Waals surface area contributed by atoms with E-state index >= 15 is 0 Å². The van der Waals surface area contributed by atoms with Gasteiger partial charge in [0.2, 0.25) is 5.91 Å². The van der Waals surface area contributed by atoms with Crippen LogP contribution >= 0.6 is 0 Å². The lowest BCUT2D eigenvalue weighted by Gasteiger charge is -2.26. The average Bonchev–Trinajstić information content (AvgIpc) is 3.45. The highest BCUT2D eigenvalue weighted by molar-refractivity contribution is 5.76. The van der Waals surface area contributed by atoms with Crippen molar-refractivity contribution in [3.63, 3.8) is 0 Å². The molecule has 1 aromatic rings. The van der Waals surface area contributed by atoms with E-state index in [4.69, 9.17) is 14.2 Å². The molecule has 0 bridgehead atoms. The zero-order chi connectivity index (χ0) is 24.2. The molecule has 6 heteroatoms. The number of amides is 1. The third kappa shape index (κ3) is 8.63. The molecule has 1 saturated carbocycles. The lowest BCUT2D eigenvalue weighted by atomic mass is 10.0. The van der Waals surface area contributed by atoms with Gasteiger partial charge in [0.05, 0.1) is 26.2 Å². The molecule has 1 heterocycles. The number of hydrogen-bond acceptors (Lipinski definition) is 5. The van der Waals surface area contributed by atoms with Crippen LogP contribution in [0.2, 0.25) is 0 Å². The Hall–Kier alpha value is -1.47. The standard InChI is InChI=1S/C28H46N2O4/c1-4-5-15-30(22-28(32-2)33-3)27(31)14-18-34-17-13-24-9-6-8-23(19-24)12-16-29-20-25-10-7-11-26(25)21-29/h6,8-9,19,25-26,28H,4-5,7,10-18,20-22H2,1-3H3. The van der Waals surface area contributed by atoms with Gasteiger partial charge in [0.1, 0.15) is 0 Å². The third-order valence-corrected chi connectivity index (χ3v) is 7.53. The van der Waals surface area contributed by atoms with Crippen LogP contribution in [-0.4, -0.2) is 82.2 Å². The number of nitrogens with zero attached hydrogens (tertiary/aromatic N) is 2. The van der Waals surface area contributed by atoms with Crippen molar-refractivity contribution in [2.45, 2.75) is 64.6 Å². The van der Waals surface area contributed by atoms with Gasteiger partial charge < -0.3 is 24.0 Å². The van der Waals surface area contributed by atoms with E-state index < -0.39 is 0 Å². The molecule has 3 rings (SSSR count). The van der Waals surface area contributed by atoms with E-state index in [0.717, 1.165) is 44.1 Å². The maximum absolute atomic E-state index is 12.7. The predicted molar refractivity (Wildman–Crippen MR) is 136 cm³/mol. The van der Waals surface area contributed by atoms with Crippen LogP contribution in [-0.2, 0) is 31.8 Å². The number of carbonyl (C=O) groups excluding carboxylic acids is 1. The van der Waals surface area contributed by atoms with Gasteiger partial charge in [-0.15, -0.1) is 0 Å². The summed E-state index contributed by atoms with van der Waals surface area (Å²) in [5.41, 5.74) is 2.73. The molecule has 1 aliphatic carbocycles. The summed E-state index contributed by atoms with van der Waals surface area (Å²) in [4.78, 5) is 17.2. The lowest BCUT2D eigenvalue weighted by Crippen LogP contribution is -2.40. The first-order valence-electron chi connectivity index (χ1n) is 13.3. The van der Waals surface area contributed by atoms with Crippen molar-refractivity contribution < 1.29 is 19.0 Å². The van der Waals surface area contributed by atoms with Gasteiger partial charge in [-0.05, 0) is 55.1 Å². The number of rotatable bonds is 16. The quantitative estimate of drug-likeness (QED) is 0.266. The van der Waals surface area contributed by atoms with Crippen LogP contribution in [0.4, 0.5) is 0 Å². The minimum absolute atomic E-state index is 0.0978. The number of carbonyl (C=O) groups is 1. The Kier molecular flexibility index (Phi) is 11.8. The van der Waals surface area contributed by atoms with E-state index in [1.807, 2.05) is 4.90 Å². The number of unbranched alkanes of at least 4 members (excludes halogenated alkanes) is 1. The predicted octanol–water partition coefficient (Wildman–Crippen LogP) is 4.16. The number of methoxy groups -OCH3 is 2. The maximum Gasteiger partial charge on any atom is 0.225 e. The summed E-state index contributed by atoms with van der Waals surface area (Å²) in [5, 5.41) is 0.